The van der Waals surface area contributed by atoms with Crippen LogP contribution in [0.25, 0.3) is 0 Å². The Balaban J connectivity index is 1.76. The first-order valence-electron chi connectivity index (χ1n) is 6.55. The number of esters is 1. The Bertz CT molecular complexity index is 441. The van der Waals surface area contributed by atoms with Crippen molar-refractivity contribution in [3.8, 4) is 0 Å². The molecule has 4 nitrogen and oxygen atoms in total. The van der Waals surface area contributed by atoms with E-state index in [1.54, 1.807) is 6.92 Å². The standard InChI is InChI=1S/C15H18O4/c1-11(18-10-12-6-3-2-4-7-12)19-15(17)13-8-5-9-14(13)16/h2-4,6-7,11,13H,5,8-10H2,1H3. The van der Waals surface area contributed by atoms with E-state index in [1.807, 2.05) is 30.3 Å². The van der Waals surface area contributed by atoms with Gasteiger partial charge in [-0.1, -0.05) is 30.3 Å². The molecule has 2 rings (SSSR count). The zero-order valence-corrected chi connectivity index (χ0v) is 11.0. The van der Waals surface area contributed by atoms with Gasteiger partial charge in [0, 0.05) is 6.42 Å². The molecule has 1 aromatic rings. The highest BCUT2D eigenvalue weighted by atomic mass is 16.7. The van der Waals surface area contributed by atoms with Crippen molar-refractivity contribution in [2.75, 3.05) is 0 Å². The third-order valence-electron chi connectivity index (χ3n) is 3.20. The summed E-state index contributed by atoms with van der Waals surface area (Å²) in [5.41, 5.74) is 1.02. The summed E-state index contributed by atoms with van der Waals surface area (Å²) in [4.78, 5) is 23.2. The number of hydrogen-bond donors (Lipinski definition) is 0. The molecule has 0 spiro atoms. The maximum absolute atomic E-state index is 11.8. The lowest BCUT2D eigenvalue weighted by Gasteiger charge is -2.16. The molecule has 0 N–H and O–H groups in total. The maximum Gasteiger partial charge on any atom is 0.318 e. The van der Waals surface area contributed by atoms with Crippen molar-refractivity contribution in [3.63, 3.8) is 0 Å². The van der Waals surface area contributed by atoms with Crippen LogP contribution in [-0.4, -0.2) is 18.0 Å². The molecule has 0 aromatic heterocycles. The number of Topliss-reactive ketones (excluding diaryl/α,β-unsaturated/α-hetero) is 1. The van der Waals surface area contributed by atoms with Crippen LogP contribution in [0.5, 0.6) is 0 Å². The van der Waals surface area contributed by atoms with Gasteiger partial charge in [-0.25, -0.2) is 0 Å². The quantitative estimate of drug-likeness (QED) is 0.464. The van der Waals surface area contributed by atoms with Crippen LogP contribution < -0.4 is 0 Å². The lowest BCUT2D eigenvalue weighted by atomic mass is 10.1. The molecule has 2 unspecified atom stereocenters. The molecular weight excluding hydrogens is 244 g/mol. The van der Waals surface area contributed by atoms with Gasteiger partial charge in [0.1, 0.15) is 11.7 Å². The van der Waals surface area contributed by atoms with Gasteiger partial charge in [0.2, 0.25) is 6.29 Å². The minimum Gasteiger partial charge on any atom is -0.436 e. The van der Waals surface area contributed by atoms with Gasteiger partial charge in [-0.05, 0) is 25.3 Å². The summed E-state index contributed by atoms with van der Waals surface area (Å²) in [6.45, 7) is 2.05. The topological polar surface area (TPSA) is 52.6 Å². The molecule has 19 heavy (non-hydrogen) atoms. The van der Waals surface area contributed by atoms with Crippen LogP contribution in [0.1, 0.15) is 31.7 Å². The van der Waals surface area contributed by atoms with Gasteiger partial charge in [-0.3, -0.25) is 9.59 Å². The van der Waals surface area contributed by atoms with Gasteiger partial charge in [0.05, 0.1) is 6.61 Å². The smallest absolute Gasteiger partial charge is 0.318 e. The van der Waals surface area contributed by atoms with Gasteiger partial charge in [-0.2, -0.15) is 0 Å². The second-order valence-electron chi connectivity index (χ2n) is 4.71. The molecule has 102 valence electrons. The molecule has 1 aliphatic rings. The molecule has 0 radical (unpaired) electrons. The first kappa shape index (κ1) is 13.7. The number of hydrogen-bond acceptors (Lipinski definition) is 4. The Morgan fingerprint density at radius 2 is 2.11 bits per heavy atom. The summed E-state index contributed by atoms with van der Waals surface area (Å²) in [5, 5.41) is 0. The average Bonchev–Trinajstić information content (AvgIpc) is 2.84. The zero-order valence-electron chi connectivity index (χ0n) is 11.0. The van der Waals surface area contributed by atoms with E-state index >= 15 is 0 Å². The summed E-state index contributed by atoms with van der Waals surface area (Å²) < 4.78 is 10.6. The van der Waals surface area contributed by atoms with E-state index in [9.17, 15) is 9.59 Å². The second kappa shape index (κ2) is 6.48. The van der Waals surface area contributed by atoms with Crippen LogP contribution in [0.4, 0.5) is 0 Å². The molecule has 1 saturated carbocycles. The van der Waals surface area contributed by atoms with Gasteiger partial charge in [0.25, 0.3) is 0 Å². The highest BCUT2D eigenvalue weighted by Gasteiger charge is 2.33. The SMILES string of the molecule is CC(OCc1ccccc1)OC(=O)C1CCCC1=O. The van der Waals surface area contributed by atoms with Gasteiger partial charge < -0.3 is 9.47 Å². The van der Waals surface area contributed by atoms with E-state index in [0.29, 0.717) is 19.4 Å². The average molecular weight is 262 g/mol. The monoisotopic (exact) mass is 262 g/mol. The Kier molecular flexibility index (Phi) is 4.68. The lowest BCUT2D eigenvalue weighted by Crippen LogP contribution is -2.26. The lowest BCUT2D eigenvalue weighted by molar-refractivity contribution is -0.181. The van der Waals surface area contributed by atoms with E-state index in [-0.39, 0.29) is 5.78 Å². The Morgan fingerprint density at radius 1 is 1.37 bits per heavy atom. The number of ether oxygens (including phenoxy) is 2. The van der Waals surface area contributed by atoms with Crippen molar-refractivity contribution in [1.29, 1.82) is 0 Å². The highest BCUT2D eigenvalue weighted by Crippen LogP contribution is 2.23. The number of carbonyl (C=O) groups excluding carboxylic acids is 2. The third kappa shape index (κ3) is 3.89. The minimum atomic E-state index is -0.638. The zero-order chi connectivity index (χ0) is 13.7. The Morgan fingerprint density at radius 3 is 2.74 bits per heavy atom. The maximum atomic E-state index is 11.8. The molecule has 1 aromatic carbocycles. The second-order valence-corrected chi connectivity index (χ2v) is 4.71. The van der Waals surface area contributed by atoms with Crippen LogP contribution in [-0.2, 0) is 25.7 Å². The molecule has 1 fully saturated rings. The Labute approximate surface area is 112 Å². The van der Waals surface area contributed by atoms with Gasteiger partial charge in [-0.15, -0.1) is 0 Å². The summed E-state index contributed by atoms with van der Waals surface area (Å²) >= 11 is 0. The van der Waals surface area contributed by atoms with Crippen molar-refractivity contribution >= 4 is 11.8 Å². The normalized spacial score (nSPS) is 20.3. The van der Waals surface area contributed by atoms with E-state index in [1.165, 1.54) is 0 Å². The summed E-state index contributed by atoms with van der Waals surface area (Å²) in [6, 6.07) is 9.65. The summed E-state index contributed by atoms with van der Waals surface area (Å²) in [6.07, 6.45) is 1.22. The fourth-order valence-corrected chi connectivity index (χ4v) is 2.13. The molecular formula is C15H18O4. The van der Waals surface area contributed by atoms with Gasteiger partial charge >= 0.3 is 5.97 Å². The Hall–Kier alpha value is -1.68. The number of rotatable bonds is 5. The van der Waals surface area contributed by atoms with Crippen molar-refractivity contribution in [2.24, 2.45) is 5.92 Å². The predicted octanol–water partition coefficient (Wildman–Crippen LogP) is 2.46. The number of ketones is 1. The molecule has 4 heteroatoms. The summed E-state index contributed by atoms with van der Waals surface area (Å²) in [5.74, 6) is -1.05. The predicted molar refractivity (Wildman–Crippen MR) is 69.1 cm³/mol. The molecule has 2 atom stereocenters. The van der Waals surface area contributed by atoms with Crippen LogP contribution in [0, 0.1) is 5.92 Å². The van der Waals surface area contributed by atoms with E-state index in [0.717, 1.165) is 12.0 Å². The molecule has 1 aliphatic carbocycles. The van der Waals surface area contributed by atoms with Crippen molar-refractivity contribution in [1.82, 2.24) is 0 Å². The summed E-state index contributed by atoms with van der Waals surface area (Å²) in [7, 11) is 0. The highest BCUT2D eigenvalue weighted by molar-refractivity contribution is 6.00. The van der Waals surface area contributed by atoms with E-state index in [2.05, 4.69) is 0 Å². The van der Waals surface area contributed by atoms with E-state index in [4.69, 9.17) is 9.47 Å². The fraction of sp³-hybridized carbons (Fsp3) is 0.467. The number of carbonyl (C=O) groups is 2. The van der Waals surface area contributed by atoms with Crippen molar-refractivity contribution in [3.05, 3.63) is 35.9 Å². The third-order valence-corrected chi connectivity index (χ3v) is 3.20. The van der Waals surface area contributed by atoms with Crippen LogP contribution in [0.2, 0.25) is 0 Å². The van der Waals surface area contributed by atoms with Crippen LogP contribution in [0.3, 0.4) is 0 Å². The molecule has 0 aliphatic heterocycles. The minimum absolute atomic E-state index is 0.0136. The van der Waals surface area contributed by atoms with E-state index < -0.39 is 18.2 Å². The van der Waals surface area contributed by atoms with Crippen LogP contribution in [0.15, 0.2) is 30.3 Å². The first-order chi connectivity index (χ1) is 9.16. The fourth-order valence-electron chi connectivity index (χ4n) is 2.13. The van der Waals surface area contributed by atoms with Crippen molar-refractivity contribution < 1.29 is 19.1 Å². The molecule has 0 heterocycles. The largest absolute Gasteiger partial charge is 0.436 e. The molecule has 0 saturated heterocycles. The number of benzene rings is 1. The molecule has 0 amide bonds. The first-order valence-corrected chi connectivity index (χ1v) is 6.55. The van der Waals surface area contributed by atoms with Crippen molar-refractivity contribution in [2.45, 2.75) is 39.1 Å². The van der Waals surface area contributed by atoms with Gasteiger partial charge in [0.15, 0.2) is 0 Å². The molecule has 0 bridgehead atoms. The van der Waals surface area contributed by atoms with Crippen LogP contribution >= 0.6 is 0 Å².